The van der Waals surface area contributed by atoms with Gasteiger partial charge in [0.2, 0.25) is 0 Å². The average molecular weight is 297 g/mol. The van der Waals surface area contributed by atoms with Gasteiger partial charge in [0.1, 0.15) is 0 Å². The Kier molecular flexibility index (Phi) is 6.57. The zero-order valence-electron chi connectivity index (χ0n) is 12.0. The van der Waals surface area contributed by atoms with Crippen molar-refractivity contribution in [3.05, 3.63) is 33.9 Å². The van der Waals surface area contributed by atoms with E-state index in [0.29, 0.717) is 19.6 Å². The molecule has 0 spiro atoms. The summed E-state index contributed by atoms with van der Waals surface area (Å²) in [5.74, 6) is -0.297. The lowest BCUT2D eigenvalue weighted by Gasteiger charge is -2.09. The van der Waals surface area contributed by atoms with Crippen LogP contribution in [0.15, 0.2) is 18.2 Å². The molecule has 1 unspecified atom stereocenters. The number of nitro benzene ring substituents is 1. The molecule has 0 aliphatic carbocycles. The highest BCUT2D eigenvalue weighted by Gasteiger charge is 2.17. The van der Waals surface area contributed by atoms with Gasteiger partial charge in [-0.15, -0.1) is 0 Å². The Bertz CT molecular complexity index is 505. The van der Waals surface area contributed by atoms with Gasteiger partial charge >= 0.3 is 5.69 Å². The number of aliphatic hydroxyl groups is 1. The number of hydrogen-bond acceptors (Lipinski definition) is 6. The lowest BCUT2D eigenvalue weighted by molar-refractivity contribution is -0.385. The van der Waals surface area contributed by atoms with Gasteiger partial charge in [0, 0.05) is 31.3 Å². The van der Waals surface area contributed by atoms with Gasteiger partial charge in [-0.1, -0.05) is 0 Å². The predicted octanol–water partition coefficient (Wildman–Crippen LogP) is 0.304. The number of nitro groups is 1. The van der Waals surface area contributed by atoms with E-state index in [1.165, 1.54) is 25.3 Å². The number of nitrogens with zero attached hydrogens (tertiary/aromatic N) is 1. The van der Waals surface area contributed by atoms with Crippen LogP contribution in [-0.4, -0.2) is 48.8 Å². The molecule has 1 aromatic carbocycles. The second-order valence-electron chi connectivity index (χ2n) is 4.45. The number of nitrogens with one attached hydrogen (secondary N) is 2. The summed E-state index contributed by atoms with van der Waals surface area (Å²) in [7, 11) is 1.33. The van der Waals surface area contributed by atoms with Gasteiger partial charge in [-0.2, -0.15) is 0 Å². The smallest absolute Gasteiger partial charge is 0.311 e. The molecule has 1 rings (SSSR count). The SMILES string of the molecule is COc1ccc(C(=O)NCCNCC(C)O)cc1[N+](=O)[O-]. The summed E-state index contributed by atoms with van der Waals surface area (Å²) in [4.78, 5) is 22.1. The van der Waals surface area contributed by atoms with Crippen molar-refractivity contribution in [2.24, 2.45) is 0 Å². The Morgan fingerprint density at radius 3 is 2.76 bits per heavy atom. The summed E-state index contributed by atoms with van der Waals surface area (Å²) in [5, 5.41) is 25.5. The molecular weight excluding hydrogens is 278 g/mol. The van der Waals surface area contributed by atoms with Crippen molar-refractivity contribution in [1.82, 2.24) is 10.6 Å². The molecule has 1 aromatic rings. The third-order valence-electron chi connectivity index (χ3n) is 2.66. The lowest BCUT2D eigenvalue weighted by atomic mass is 10.1. The minimum atomic E-state index is -0.597. The normalized spacial score (nSPS) is 11.8. The molecule has 3 N–H and O–H groups in total. The number of hydrogen-bond donors (Lipinski definition) is 3. The number of carbonyl (C=O) groups excluding carboxylic acids is 1. The number of rotatable bonds is 8. The summed E-state index contributed by atoms with van der Waals surface area (Å²) in [6.07, 6.45) is -0.454. The van der Waals surface area contributed by atoms with Crippen LogP contribution in [0, 0.1) is 10.1 Å². The number of aliphatic hydroxyl groups excluding tert-OH is 1. The average Bonchev–Trinajstić information content (AvgIpc) is 2.45. The summed E-state index contributed by atoms with van der Waals surface area (Å²) in [6.45, 7) is 2.94. The molecule has 0 saturated heterocycles. The van der Waals surface area contributed by atoms with Crippen LogP contribution < -0.4 is 15.4 Å². The van der Waals surface area contributed by atoms with Crippen LogP contribution in [-0.2, 0) is 0 Å². The van der Waals surface area contributed by atoms with E-state index in [2.05, 4.69) is 10.6 Å². The van der Waals surface area contributed by atoms with Crippen LogP contribution in [0.1, 0.15) is 17.3 Å². The van der Waals surface area contributed by atoms with Crippen LogP contribution in [0.4, 0.5) is 5.69 Å². The van der Waals surface area contributed by atoms with Crippen LogP contribution in [0.25, 0.3) is 0 Å². The summed E-state index contributed by atoms with van der Waals surface area (Å²) < 4.78 is 4.87. The number of methoxy groups -OCH3 is 1. The van der Waals surface area contributed by atoms with Gasteiger partial charge < -0.3 is 20.5 Å². The molecule has 8 heteroatoms. The lowest BCUT2D eigenvalue weighted by Crippen LogP contribution is -2.34. The summed E-state index contributed by atoms with van der Waals surface area (Å²) in [6, 6.07) is 4.03. The monoisotopic (exact) mass is 297 g/mol. The minimum Gasteiger partial charge on any atom is -0.490 e. The Hall–Kier alpha value is -2.19. The van der Waals surface area contributed by atoms with Crippen molar-refractivity contribution in [1.29, 1.82) is 0 Å². The fourth-order valence-corrected chi connectivity index (χ4v) is 1.65. The first-order valence-corrected chi connectivity index (χ1v) is 6.45. The Balaban J connectivity index is 2.58. The molecule has 1 atom stereocenters. The van der Waals surface area contributed by atoms with Crippen molar-refractivity contribution in [2.45, 2.75) is 13.0 Å². The fraction of sp³-hybridized carbons (Fsp3) is 0.462. The first-order valence-electron chi connectivity index (χ1n) is 6.45. The van der Waals surface area contributed by atoms with E-state index in [1.54, 1.807) is 6.92 Å². The molecule has 0 aliphatic heterocycles. The number of ether oxygens (including phenoxy) is 1. The van der Waals surface area contributed by atoms with E-state index in [4.69, 9.17) is 9.84 Å². The molecular formula is C13H19N3O5. The summed E-state index contributed by atoms with van der Waals surface area (Å²) in [5.41, 5.74) is -0.0598. The predicted molar refractivity (Wildman–Crippen MR) is 76.5 cm³/mol. The van der Waals surface area contributed by atoms with Gasteiger partial charge in [-0.05, 0) is 19.1 Å². The first kappa shape index (κ1) is 16.9. The van der Waals surface area contributed by atoms with E-state index in [-0.39, 0.29) is 17.0 Å². The summed E-state index contributed by atoms with van der Waals surface area (Å²) >= 11 is 0. The molecule has 1 amide bonds. The van der Waals surface area contributed by atoms with Crippen LogP contribution in [0.3, 0.4) is 0 Å². The molecule has 0 heterocycles. The third-order valence-corrected chi connectivity index (χ3v) is 2.66. The minimum absolute atomic E-state index is 0.107. The van der Waals surface area contributed by atoms with Crippen molar-refractivity contribution in [3.63, 3.8) is 0 Å². The zero-order valence-corrected chi connectivity index (χ0v) is 12.0. The van der Waals surface area contributed by atoms with Crippen molar-refractivity contribution < 1.29 is 19.6 Å². The van der Waals surface area contributed by atoms with Crippen LogP contribution in [0.5, 0.6) is 5.75 Å². The van der Waals surface area contributed by atoms with E-state index in [0.717, 1.165) is 0 Å². The maximum Gasteiger partial charge on any atom is 0.311 e. The fourth-order valence-electron chi connectivity index (χ4n) is 1.65. The molecule has 0 aliphatic rings. The molecule has 0 aromatic heterocycles. The molecule has 21 heavy (non-hydrogen) atoms. The van der Waals surface area contributed by atoms with E-state index in [1.807, 2.05) is 0 Å². The Labute approximate surface area is 122 Å². The highest BCUT2D eigenvalue weighted by molar-refractivity contribution is 5.95. The van der Waals surface area contributed by atoms with Crippen molar-refractivity contribution in [3.8, 4) is 5.75 Å². The molecule has 0 radical (unpaired) electrons. The van der Waals surface area contributed by atoms with Gasteiger partial charge in [-0.3, -0.25) is 14.9 Å². The maximum atomic E-state index is 11.9. The topological polar surface area (TPSA) is 114 Å². The molecule has 0 bridgehead atoms. The second-order valence-corrected chi connectivity index (χ2v) is 4.45. The molecule has 8 nitrogen and oxygen atoms in total. The molecule has 116 valence electrons. The first-order chi connectivity index (χ1) is 9.95. The Morgan fingerprint density at radius 2 is 2.19 bits per heavy atom. The number of amides is 1. The van der Waals surface area contributed by atoms with Gasteiger partial charge in [0.25, 0.3) is 5.91 Å². The van der Waals surface area contributed by atoms with Crippen molar-refractivity contribution in [2.75, 3.05) is 26.7 Å². The molecule has 0 fully saturated rings. The van der Waals surface area contributed by atoms with Gasteiger partial charge in [0.15, 0.2) is 5.75 Å². The van der Waals surface area contributed by atoms with E-state index in [9.17, 15) is 14.9 Å². The molecule has 0 saturated carbocycles. The number of carbonyl (C=O) groups is 1. The standard InChI is InChI=1S/C13H19N3O5/c1-9(17)8-14-5-6-15-13(18)10-3-4-12(21-2)11(7-10)16(19)20/h3-4,7,9,14,17H,5-6,8H2,1-2H3,(H,15,18). The largest absolute Gasteiger partial charge is 0.490 e. The zero-order chi connectivity index (χ0) is 15.8. The second kappa shape index (κ2) is 8.18. The van der Waals surface area contributed by atoms with Gasteiger partial charge in [0.05, 0.1) is 18.1 Å². The van der Waals surface area contributed by atoms with E-state index < -0.39 is 16.9 Å². The van der Waals surface area contributed by atoms with Crippen LogP contribution in [0.2, 0.25) is 0 Å². The van der Waals surface area contributed by atoms with Gasteiger partial charge in [-0.25, -0.2) is 0 Å². The highest BCUT2D eigenvalue weighted by Crippen LogP contribution is 2.27. The van der Waals surface area contributed by atoms with Crippen molar-refractivity contribution >= 4 is 11.6 Å². The number of benzene rings is 1. The Morgan fingerprint density at radius 1 is 1.48 bits per heavy atom. The highest BCUT2D eigenvalue weighted by atomic mass is 16.6. The third kappa shape index (κ3) is 5.36. The quantitative estimate of drug-likeness (QED) is 0.361. The maximum absolute atomic E-state index is 11.9. The van der Waals surface area contributed by atoms with Crippen LogP contribution >= 0.6 is 0 Å². The van der Waals surface area contributed by atoms with E-state index >= 15 is 0 Å².